The van der Waals surface area contributed by atoms with E-state index in [1.807, 2.05) is 13.8 Å². The molecule has 2 N–H and O–H groups in total. The van der Waals surface area contributed by atoms with E-state index in [9.17, 15) is 9.59 Å². The number of aliphatic carboxylic acids is 1. The predicted molar refractivity (Wildman–Crippen MR) is 55.5 cm³/mol. The first-order valence-corrected chi connectivity index (χ1v) is 4.91. The number of amides is 1. The van der Waals surface area contributed by atoms with Crippen molar-refractivity contribution in [3.05, 3.63) is 0 Å². The van der Waals surface area contributed by atoms with Crippen LogP contribution in [-0.4, -0.2) is 36.7 Å². The molecule has 0 heterocycles. The molecule has 0 spiro atoms. The van der Waals surface area contributed by atoms with E-state index in [2.05, 4.69) is 5.32 Å². The summed E-state index contributed by atoms with van der Waals surface area (Å²) in [6.45, 7) is 5.38. The Balaban J connectivity index is 4.40. The van der Waals surface area contributed by atoms with Crippen LogP contribution in [0.15, 0.2) is 0 Å². The van der Waals surface area contributed by atoms with Gasteiger partial charge in [0, 0.05) is 13.7 Å². The fraction of sp³-hybridized carbons (Fsp3) is 0.800. The Kier molecular flexibility index (Phi) is 5.28. The Morgan fingerprint density at radius 2 is 2.00 bits per heavy atom. The van der Waals surface area contributed by atoms with Crippen molar-refractivity contribution in [1.29, 1.82) is 0 Å². The van der Waals surface area contributed by atoms with Gasteiger partial charge in [0.1, 0.15) is 5.41 Å². The van der Waals surface area contributed by atoms with E-state index < -0.39 is 17.3 Å². The Morgan fingerprint density at radius 1 is 1.47 bits per heavy atom. The normalized spacial score (nSPS) is 14.7. The maximum absolute atomic E-state index is 11.4. The summed E-state index contributed by atoms with van der Waals surface area (Å²) in [4.78, 5) is 22.4. The standard InChI is InChI=1S/C10H19NO4/c1-7(2)15-6-5-10(3,9(13)14)8(12)11-4/h7H,5-6H2,1-4H3,(H,11,12)(H,13,14). The van der Waals surface area contributed by atoms with Gasteiger partial charge < -0.3 is 15.2 Å². The summed E-state index contributed by atoms with van der Waals surface area (Å²) < 4.78 is 5.24. The minimum absolute atomic E-state index is 0.0349. The first-order valence-electron chi connectivity index (χ1n) is 4.91. The van der Waals surface area contributed by atoms with Crippen molar-refractivity contribution in [2.75, 3.05) is 13.7 Å². The van der Waals surface area contributed by atoms with Crippen molar-refractivity contribution < 1.29 is 19.4 Å². The van der Waals surface area contributed by atoms with Crippen LogP contribution in [0, 0.1) is 5.41 Å². The number of rotatable bonds is 6. The maximum Gasteiger partial charge on any atom is 0.319 e. The summed E-state index contributed by atoms with van der Waals surface area (Å²) in [5, 5.41) is 11.3. The molecule has 0 aliphatic carbocycles. The van der Waals surface area contributed by atoms with Gasteiger partial charge in [-0.15, -0.1) is 0 Å². The lowest BCUT2D eigenvalue weighted by atomic mass is 9.86. The summed E-state index contributed by atoms with van der Waals surface area (Å²) >= 11 is 0. The lowest BCUT2D eigenvalue weighted by Gasteiger charge is -2.23. The van der Waals surface area contributed by atoms with Gasteiger partial charge in [-0.1, -0.05) is 0 Å². The Bertz CT molecular complexity index is 240. The van der Waals surface area contributed by atoms with Crippen LogP contribution < -0.4 is 5.32 Å². The SMILES string of the molecule is CNC(=O)C(C)(CCOC(C)C)C(=O)O. The van der Waals surface area contributed by atoms with Crippen LogP contribution in [0.25, 0.3) is 0 Å². The molecule has 0 aromatic heterocycles. The van der Waals surface area contributed by atoms with Gasteiger partial charge >= 0.3 is 5.97 Å². The van der Waals surface area contributed by atoms with E-state index in [0.29, 0.717) is 0 Å². The van der Waals surface area contributed by atoms with Gasteiger partial charge in [-0.25, -0.2) is 0 Å². The molecule has 0 aliphatic heterocycles. The highest BCUT2D eigenvalue weighted by atomic mass is 16.5. The van der Waals surface area contributed by atoms with Crippen LogP contribution in [0.1, 0.15) is 27.2 Å². The van der Waals surface area contributed by atoms with Crippen molar-refractivity contribution in [2.45, 2.75) is 33.3 Å². The highest BCUT2D eigenvalue weighted by Gasteiger charge is 2.40. The van der Waals surface area contributed by atoms with Gasteiger partial charge in [0.25, 0.3) is 0 Å². The minimum Gasteiger partial charge on any atom is -0.480 e. The van der Waals surface area contributed by atoms with Gasteiger partial charge in [0.15, 0.2) is 0 Å². The van der Waals surface area contributed by atoms with E-state index >= 15 is 0 Å². The van der Waals surface area contributed by atoms with E-state index in [1.165, 1.54) is 14.0 Å². The third kappa shape index (κ3) is 3.87. The van der Waals surface area contributed by atoms with Crippen molar-refractivity contribution >= 4 is 11.9 Å². The highest BCUT2D eigenvalue weighted by Crippen LogP contribution is 2.22. The maximum atomic E-state index is 11.4. The van der Waals surface area contributed by atoms with Gasteiger partial charge in [0.2, 0.25) is 5.91 Å². The molecule has 1 atom stereocenters. The second kappa shape index (κ2) is 5.70. The van der Waals surface area contributed by atoms with Crippen LogP contribution in [0.4, 0.5) is 0 Å². The molecule has 1 amide bonds. The number of carbonyl (C=O) groups is 2. The van der Waals surface area contributed by atoms with Crippen LogP contribution in [0.3, 0.4) is 0 Å². The quantitative estimate of drug-likeness (QED) is 0.640. The van der Waals surface area contributed by atoms with Crippen molar-refractivity contribution in [3.8, 4) is 0 Å². The smallest absolute Gasteiger partial charge is 0.319 e. The molecule has 88 valence electrons. The Labute approximate surface area is 89.8 Å². The fourth-order valence-electron chi connectivity index (χ4n) is 1.09. The number of hydrogen-bond acceptors (Lipinski definition) is 3. The zero-order chi connectivity index (χ0) is 12.1. The van der Waals surface area contributed by atoms with Crippen LogP contribution >= 0.6 is 0 Å². The molecular formula is C10H19NO4. The van der Waals surface area contributed by atoms with Crippen LogP contribution in [0.2, 0.25) is 0 Å². The third-order valence-electron chi connectivity index (χ3n) is 2.25. The first-order chi connectivity index (χ1) is 6.84. The summed E-state index contributed by atoms with van der Waals surface area (Å²) in [5.74, 6) is -1.63. The number of carbonyl (C=O) groups excluding carboxylic acids is 1. The summed E-state index contributed by atoms with van der Waals surface area (Å²) in [6.07, 6.45) is 0.202. The average Bonchev–Trinajstić information content (AvgIpc) is 2.15. The molecule has 0 saturated carbocycles. The van der Waals surface area contributed by atoms with Crippen LogP contribution in [-0.2, 0) is 14.3 Å². The average molecular weight is 217 g/mol. The van der Waals surface area contributed by atoms with Gasteiger partial charge in [-0.05, 0) is 27.2 Å². The van der Waals surface area contributed by atoms with Crippen molar-refractivity contribution in [1.82, 2.24) is 5.32 Å². The zero-order valence-electron chi connectivity index (χ0n) is 9.66. The molecule has 5 heteroatoms. The molecule has 5 nitrogen and oxygen atoms in total. The molecule has 15 heavy (non-hydrogen) atoms. The molecule has 0 aromatic carbocycles. The number of ether oxygens (including phenoxy) is 1. The number of carboxylic acid groups (broad SMARTS) is 1. The fourth-order valence-corrected chi connectivity index (χ4v) is 1.09. The number of nitrogens with one attached hydrogen (secondary N) is 1. The molecule has 1 unspecified atom stereocenters. The van der Waals surface area contributed by atoms with Gasteiger partial charge in [0.05, 0.1) is 6.10 Å². The molecule has 0 saturated heterocycles. The third-order valence-corrected chi connectivity index (χ3v) is 2.25. The second-order valence-corrected chi connectivity index (χ2v) is 3.89. The Morgan fingerprint density at radius 3 is 2.33 bits per heavy atom. The van der Waals surface area contributed by atoms with Gasteiger partial charge in [-0.2, -0.15) is 0 Å². The van der Waals surface area contributed by atoms with Crippen molar-refractivity contribution in [2.24, 2.45) is 5.41 Å². The van der Waals surface area contributed by atoms with E-state index in [1.54, 1.807) is 0 Å². The molecule has 0 radical (unpaired) electrons. The lowest BCUT2D eigenvalue weighted by molar-refractivity contribution is -0.156. The van der Waals surface area contributed by atoms with Gasteiger partial charge in [-0.3, -0.25) is 9.59 Å². The highest BCUT2D eigenvalue weighted by molar-refractivity contribution is 6.01. The van der Waals surface area contributed by atoms with Crippen LogP contribution in [0.5, 0.6) is 0 Å². The first kappa shape index (κ1) is 13.9. The lowest BCUT2D eigenvalue weighted by Crippen LogP contribution is -2.44. The summed E-state index contributed by atoms with van der Waals surface area (Å²) in [5.41, 5.74) is -1.41. The largest absolute Gasteiger partial charge is 0.480 e. The predicted octanol–water partition coefficient (Wildman–Crippen LogP) is 0.638. The summed E-state index contributed by atoms with van der Waals surface area (Å²) in [6, 6.07) is 0. The topological polar surface area (TPSA) is 75.6 Å². The number of hydrogen-bond donors (Lipinski definition) is 2. The molecular weight excluding hydrogens is 198 g/mol. The van der Waals surface area contributed by atoms with E-state index in [-0.39, 0.29) is 19.1 Å². The minimum atomic E-state index is -1.41. The van der Waals surface area contributed by atoms with Crippen molar-refractivity contribution in [3.63, 3.8) is 0 Å². The zero-order valence-corrected chi connectivity index (χ0v) is 9.66. The molecule has 0 aromatic rings. The summed E-state index contributed by atoms with van der Waals surface area (Å²) in [7, 11) is 1.42. The molecule has 0 fully saturated rings. The monoisotopic (exact) mass is 217 g/mol. The molecule has 0 bridgehead atoms. The number of carboxylic acids is 1. The van der Waals surface area contributed by atoms with E-state index in [0.717, 1.165) is 0 Å². The second-order valence-electron chi connectivity index (χ2n) is 3.89. The molecule has 0 rings (SSSR count). The Hall–Kier alpha value is -1.10. The molecule has 0 aliphatic rings. The van der Waals surface area contributed by atoms with E-state index in [4.69, 9.17) is 9.84 Å².